The maximum absolute atomic E-state index is 13.6. The maximum Gasteiger partial charge on any atom is 0.282 e. The quantitative estimate of drug-likeness (QED) is 0.527. The molecule has 3 aromatic rings. The van der Waals surface area contributed by atoms with E-state index in [0.29, 0.717) is 22.6 Å². The van der Waals surface area contributed by atoms with Crippen LogP contribution in [-0.2, 0) is 9.59 Å². The number of nitrogens with one attached hydrogen (secondary N) is 1. The van der Waals surface area contributed by atoms with E-state index in [1.165, 1.54) is 29.8 Å². The van der Waals surface area contributed by atoms with Crippen molar-refractivity contribution in [3.63, 3.8) is 0 Å². The smallest absolute Gasteiger partial charge is 0.282 e. The van der Waals surface area contributed by atoms with Crippen LogP contribution in [0.1, 0.15) is 24.8 Å². The van der Waals surface area contributed by atoms with Crippen molar-refractivity contribution in [1.29, 1.82) is 0 Å². The fraction of sp³-hybridized carbons (Fsp3) is 0.214. The Morgan fingerprint density at radius 3 is 2.21 bits per heavy atom. The molecule has 5 rings (SSSR count). The summed E-state index contributed by atoms with van der Waals surface area (Å²) in [4.78, 5) is 30.7. The highest BCUT2D eigenvalue weighted by molar-refractivity contribution is 6.46. The fourth-order valence-electron chi connectivity index (χ4n) is 4.55. The molecule has 0 aliphatic carbocycles. The van der Waals surface area contributed by atoms with Gasteiger partial charge in [0.05, 0.1) is 18.4 Å². The van der Waals surface area contributed by atoms with Gasteiger partial charge in [-0.2, -0.15) is 0 Å². The lowest BCUT2D eigenvalue weighted by Gasteiger charge is -2.28. The Labute approximate surface area is 199 Å². The van der Waals surface area contributed by atoms with E-state index in [9.17, 15) is 9.59 Å². The molecule has 3 aromatic carbocycles. The summed E-state index contributed by atoms with van der Waals surface area (Å²) in [6.45, 7) is 2.14. The molecule has 2 amide bonds. The molecule has 34 heavy (non-hydrogen) atoms. The summed E-state index contributed by atoms with van der Waals surface area (Å²) in [6, 6.07) is 24.3. The third-order valence-corrected chi connectivity index (χ3v) is 6.32. The Morgan fingerprint density at radius 2 is 1.50 bits per heavy atom. The van der Waals surface area contributed by atoms with E-state index in [0.717, 1.165) is 18.8 Å². The monoisotopic (exact) mass is 453 g/mol. The van der Waals surface area contributed by atoms with E-state index in [2.05, 4.69) is 22.3 Å². The van der Waals surface area contributed by atoms with Crippen molar-refractivity contribution in [3.8, 4) is 5.75 Å². The second-order valence-corrected chi connectivity index (χ2v) is 8.48. The largest absolute Gasteiger partial charge is 0.497 e. The van der Waals surface area contributed by atoms with Crippen LogP contribution in [0.3, 0.4) is 0 Å². The van der Waals surface area contributed by atoms with E-state index in [1.54, 1.807) is 31.4 Å². The topological polar surface area (TPSA) is 61.9 Å². The predicted octanol–water partition coefficient (Wildman–Crippen LogP) is 5.08. The lowest BCUT2D eigenvalue weighted by molar-refractivity contribution is -0.120. The number of hydrogen-bond donors (Lipinski definition) is 1. The molecule has 1 fully saturated rings. The fourth-order valence-corrected chi connectivity index (χ4v) is 4.55. The first-order valence-corrected chi connectivity index (χ1v) is 11.6. The predicted molar refractivity (Wildman–Crippen MR) is 135 cm³/mol. The normalized spacial score (nSPS) is 16.3. The summed E-state index contributed by atoms with van der Waals surface area (Å²) in [5.41, 5.74) is 3.73. The van der Waals surface area contributed by atoms with Crippen LogP contribution < -0.4 is 19.9 Å². The second-order valence-electron chi connectivity index (χ2n) is 8.48. The summed E-state index contributed by atoms with van der Waals surface area (Å²) in [5, 5.41) is 3.25. The summed E-state index contributed by atoms with van der Waals surface area (Å²) >= 11 is 0. The van der Waals surface area contributed by atoms with Gasteiger partial charge < -0.3 is 15.0 Å². The van der Waals surface area contributed by atoms with Gasteiger partial charge in [0.1, 0.15) is 11.4 Å². The molecule has 0 unspecified atom stereocenters. The van der Waals surface area contributed by atoms with Crippen LogP contribution in [-0.4, -0.2) is 32.0 Å². The molecule has 0 radical (unpaired) electrons. The molecule has 1 saturated heterocycles. The number of amides is 2. The third-order valence-electron chi connectivity index (χ3n) is 6.32. The average Bonchev–Trinajstić information content (AvgIpc) is 3.14. The van der Waals surface area contributed by atoms with Crippen LogP contribution >= 0.6 is 0 Å². The molecule has 1 N–H and O–H groups in total. The molecule has 6 nitrogen and oxygen atoms in total. The Hall–Kier alpha value is -4.06. The summed E-state index contributed by atoms with van der Waals surface area (Å²) in [7, 11) is 1.56. The molecule has 2 heterocycles. The van der Waals surface area contributed by atoms with Crippen molar-refractivity contribution in [2.75, 3.05) is 35.3 Å². The molecule has 0 aromatic heterocycles. The highest BCUT2D eigenvalue weighted by Crippen LogP contribution is 2.35. The van der Waals surface area contributed by atoms with Gasteiger partial charge in [0.25, 0.3) is 11.8 Å². The van der Waals surface area contributed by atoms with Crippen LogP contribution in [0.15, 0.2) is 84.6 Å². The third kappa shape index (κ3) is 4.15. The Balaban J connectivity index is 1.49. The zero-order valence-electron chi connectivity index (χ0n) is 19.2. The Bertz CT molecular complexity index is 1230. The van der Waals surface area contributed by atoms with E-state index in [-0.39, 0.29) is 11.6 Å². The zero-order chi connectivity index (χ0) is 23.5. The molecular weight excluding hydrogens is 426 g/mol. The number of ether oxygens (including phenoxy) is 1. The van der Waals surface area contributed by atoms with Crippen molar-refractivity contribution in [2.24, 2.45) is 0 Å². The van der Waals surface area contributed by atoms with Gasteiger partial charge in [-0.25, -0.2) is 4.90 Å². The molecule has 0 spiro atoms. The van der Waals surface area contributed by atoms with Crippen LogP contribution in [0.4, 0.5) is 17.1 Å². The molecule has 172 valence electrons. The number of benzene rings is 3. The minimum atomic E-state index is -0.391. The van der Waals surface area contributed by atoms with Gasteiger partial charge in [-0.3, -0.25) is 9.59 Å². The minimum absolute atomic E-state index is 0.268. The molecule has 0 saturated carbocycles. The maximum atomic E-state index is 13.6. The van der Waals surface area contributed by atoms with Gasteiger partial charge in [-0.05, 0) is 61.2 Å². The summed E-state index contributed by atoms with van der Waals surface area (Å²) in [6.07, 6.45) is 3.71. The molecule has 0 atom stereocenters. The van der Waals surface area contributed by atoms with Crippen molar-refractivity contribution in [2.45, 2.75) is 19.3 Å². The van der Waals surface area contributed by atoms with Gasteiger partial charge >= 0.3 is 0 Å². The van der Waals surface area contributed by atoms with E-state index in [4.69, 9.17) is 4.74 Å². The van der Waals surface area contributed by atoms with E-state index in [1.807, 2.05) is 42.5 Å². The highest BCUT2D eigenvalue weighted by atomic mass is 16.5. The van der Waals surface area contributed by atoms with Crippen LogP contribution in [0.25, 0.3) is 5.57 Å². The van der Waals surface area contributed by atoms with Crippen LogP contribution in [0.5, 0.6) is 5.75 Å². The number of hydrogen-bond acceptors (Lipinski definition) is 5. The molecular formula is C28H27N3O3. The van der Waals surface area contributed by atoms with Gasteiger partial charge in [0, 0.05) is 30.5 Å². The van der Waals surface area contributed by atoms with E-state index >= 15 is 0 Å². The first kappa shape index (κ1) is 21.8. The number of imide groups is 1. The first-order chi connectivity index (χ1) is 16.7. The number of nitrogens with zero attached hydrogens (tertiary/aromatic N) is 2. The molecule has 6 heteroatoms. The number of carbonyl (C=O) groups is 2. The lowest BCUT2D eigenvalue weighted by atomic mass is 10.0. The van der Waals surface area contributed by atoms with Gasteiger partial charge in [-0.1, -0.05) is 36.4 Å². The van der Waals surface area contributed by atoms with Crippen LogP contribution in [0, 0.1) is 0 Å². The standard InChI is InChI=1S/C28H27N3O3/c1-34-24-12-8-11-23(19-24)31-27(32)25(20-9-4-2-5-10-20)26(28(31)33)29-21-13-15-22(16-14-21)30-17-6-3-7-18-30/h2,4-5,8-16,19,29H,3,6-7,17-18H2,1H3. The van der Waals surface area contributed by atoms with Crippen molar-refractivity contribution >= 4 is 34.4 Å². The zero-order valence-corrected chi connectivity index (χ0v) is 19.2. The molecule has 2 aliphatic heterocycles. The second kappa shape index (κ2) is 9.43. The molecule has 0 bridgehead atoms. The number of piperidine rings is 1. The molecule has 2 aliphatic rings. The Morgan fingerprint density at radius 1 is 0.765 bits per heavy atom. The van der Waals surface area contributed by atoms with Gasteiger partial charge in [0.2, 0.25) is 0 Å². The summed E-state index contributed by atoms with van der Waals surface area (Å²) in [5.74, 6) is -0.178. The number of methoxy groups -OCH3 is 1. The van der Waals surface area contributed by atoms with E-state index < -0.39 is 5.91 Å². The first-order valence-electron chi connectivity index (χ1n) is 11.6. The van der Waals surface area contributed by atoms with Crippen LogP contribution in [0.2, 0.25) is 0 Å². The number of anilines is 3. The minimum Gasteiger partial charge on any atom is -0.497 e. The van der Waals surface area contributed by atoms with Gasteiger partial charge in [0.15, 0.2) is 0 Å². The van der Waals surface area contributed by atoms with Crippen molar-refractivity contribution < 1.29 is 14.3 Å². The Kier molecular flexibility index (Phi) is 6.04. The summed E-state index contributed by atoms with van der Waals surface area (Å²) < 4.78 is 5.30. The number of carbonyl (C=O) groups excluding carboxylic acids is 2. The average molecular weight is 454 g/mol. The number of rotatable bonds is 6. The van der Waals surface area contributed by atoms with Crippen molar-refractivity contribution in [1.82, 2.24) is 0 Å². The van der Waals surface area contributed by atoms with Crippen molar-refractivity contribution in [3.05, 3.63) is 90.1 Å². The SMILES string of the molecule is COc1cccc(N2C(=O)C(Nc3ccc(N4CCCCC4)cc3)=C(c3ccccc3)C2=O)c1. The lowest BCUT2D eigenvalue weighted by Crippen LogP contribution is -2.32. The van der Waals surface area contributed by atoms with Gasteiger partial charge in [-0.15, -0.1) is 0 Å². The highest BCUT2D eigenvalue weighted by Gasteiger charge is 2.40.